The summed E-state index contributed by atoms with van der Waals surface area (Å²) in [5.74, 6) is 0. The fraction of sp³-hybridized carbons (Fsp3) is 0.250. The fourth-order valence-corrected chi connectivity index (χ4v) is 2.43. The lowest BCUT2D eigenvalue weighted by Gasteiger charge is -2.12. The molecule has 21 heavy (non-hydrogen) atoms. The molecule has 0 fully saturated rings. The average molecular weight is 282 g/mol. The molecular formula is C16H18N4O. The second-order valence-corrected chi connectivity index (χ2v) is 5.05. The van der Waals surface area contributed by atoms with Gasteiger partial charge in [0, 0.05) is 19.3 Å². The van der Waals surface area contributed by atoms with Crippen LogP contribution >= 0.6 is 0 Å². The van der Waals surface area contributed by atoms with Gasteiger partial charge in [-0.15, -0.1) is 5.10 Å². The van der Waals surface area contributed by atoms with Crippen molar-refractivity contribution < 1.29 is 5.11 Å². The Labute approximate surface area is 123 Å². The molecule has 0 amide bonds. The van der Waals surface area contributed by atoms with Crippen LogP contribution in [0.4, 0.5) is 0 Å². The quantitative estimate of drug-likeness (QED) is 0.720. The van der Waals surface area contributed by atoms with Crippen molar-refractivity contribution in [1.82, 2.24) is 20.3 Å². The van der Waals surface area contributed by atoms with Gasteiger partial charge in [0.1, 0.15) is 0 Å². The minimum absolute atomic E-state index is 0.447. The zero-order chi connectivity index (χ0) is 14.5. The molecule has 0 radical (unpaired) electrons. The second-order valence-electron chi connectivity index (χ2n) is 5.05. The van der Waals surface area contributed by atoms with Gasteiger partial charge in [0.2, 0.25) is 0 Å². The predicted molar refractivity (Wildman–Crippen MR) is 81.7 cm³/mol. The van der Waals surface area contributed by atoms with Crippen LogP contribution in [0.2, 0.25) is 0 Å². The van der Waals surface area contributed by atoms with E-state index in [1.165, 1.54) is 16.3 Å². The molecule has 0 saturated carbocycles. The van der Waals surface area contributed by atoms with E-state index in [9.17, 15) is 5.11 Å². The molecular weight excluding hydrogens is 264 g/mol. The molecule has 1 unspecified atom stereocenters. The molecule has 1 atom stereocenters. The third-order valence-electron chi connectivity index (χ3n) is 3.45. The Morgan fingerprint density at radius 2 is 2.00 bits per heavy atom. The number of hydrogen-bond acceptors (Lipinski definition) is 4. The first-order valence-corrected chi connectivity index (χ1v) is 7.02. The lowest BCUT2D eigenvalue weighted by atomic mass is 10.0. The normalized spacial score (nSPS) is 12.6. The summed E-state index contributed by atoms with van der Waals surface area (Å²) in [5.41, 5.74) is 1.24. The molecule has 0 saturated heterocycles. The average Bonchev–Trinajstić information content (AvgIpc) is 3.00. The zero-order valence-corrected chi connectivity index (χ0v) is 11.7. The van der Waals surface area contributed by atoms with Crippen LogP contribution in [0.15, 0.2) is 54.9 Å². The lowest BCUT2D eigenvalue weighted by Crippen LogP contribution is -2.30. The maximum absolute atomic E-state index is 9.96. The molecule has 3 aromatic rings. The minimum atomic E-state index is -0.485. The maximum atomic E-state index is 9.96. The van der Waals surface area contributed by atoms with E-state index in [-0.39, 0.29) is 0 Å². The molecule has 2 aromatic carbocycles. The molecule has 108 valence electrons. The van der Waals surface area contributed by atoms with Gasteiger partial charge in [-0.1, -0.05) is 47.7 Å². The van der Waals surface area contributed by atoms with Crippen LogP contribution < -0.4 is 5.32 Å². The summed E-state index contributed by atoms with van der Waals surface area (Å²) < 4.78 is 1.63. The van der Waals surface area contributed by atoms with Crippen molar-refractivity contribution in [2.24, 2.45) is 0 Å². The molecule has 0 bridgehead atoms. The second kappa shape index (κ2) is 6.47. The fourth-order valence-electron chi connectivity index (χ4n) is 2.43. The first-order valence-electron chi connectivity index (χ1n) is 7.02. The Morgan fingerprint density at radius 1 is 1.14 bits per heavy atom. The highest BCUT2D eigenvalue weighted by molar-refractivity contribution is 5.85. The van der Waals surface area contributed by atoms with E-state index in [4.69, 9.17) is 0 Å². The summed E-state index contributed by atoms with van der Waals surface area (Å²) in [6.45, 7) is 1.70. The van der Waals surface area contributed by atoms with Crippen LogP contribution in [0.1, 0.15) is 5.56 Å². The minimum Gasteiger partial charge on any atom is -0.390 e. The largest absolute Gasteiger partial charge is 0.390 e. The number of rotatable bonds is 6. The maximum Gasteiger partial charge on any atom is 0.0860 e. The SMILES string of the molecule is OC(CNCc1cccc2ccccc12)Cn1ccnn1. The molecule has 2 N–H and O–H groups in total. The summed E-state index contributed by atoms with van der Waals surface area (Å²) in [4.78, 5) is 0. The van der Waals surface area contributed by atoms with Crippen molar-refractivity contribution in [2.75, 3.05) is 6.54 Å². The first-order chi connectivity index (χ1) is 10.3. The molecule has 1 heterocycles. The van der Waals surface area contributed by atoms with Gasteiger partial charge in [-0.2, -0.15) is 0 Å². The van der Waals surface area contributed by atoms with Crippen molar-refractivity contribution in [3.05, 3.63) is 60.4 Å². The number of hydrogen-bond donors (Lipinski definition) is 2. The Hall–Kier alpha value is -2.24. The van der Waals surface area contributed by atoms with Gasteiger partial charge >= 0.3 is 0 Å². The number of aliphatic hydroxyl groups excluding tert-OH is 1. The van der Waals surface area contributed by atoms with E-state index in [2.05, 4.69) is 46.0 Å². The summed E-state index contributed by atoms with van der Waals surface area (Å²) >= 11 is 0. The van der Waals surface area contributed by atoms with Gasteiger partial charge in [-0.3, -0.25) is 0 Å². The third kappa shape index (κ3) is 3.45. The van der Waals surface area contributed by atoms with Gasteiger partial charge in [0.15, 0.2) is 0 Å². The molecule has 5 heteroatoms. The van der Waals surface area contributed by atoms with Gasteiger partial charge in [0.25, 0.3) is 0 Å². The van der Waals surface area contributed by atoms with Crippen LogP contribution in [0.3, 0.4) is 0 Å². The third-order valence-corrected chi connectivity index (χ3v) is 3.45. The van der Waals surface area contributed by atoms with Crippen molar-refractivity contribution in [1.29, 1.82) is 0 Å². The summed E-state index contributed by atoms with van der Waals surface area (Å²) in [6, 6.07) is 14.6. The molecule has 5 nitrogen and oxygen atoms in total. The van der Waals surface area contributed by atoms with Crippen LogP contribution in [0, 0.1) is 0 Å². The van der Waals surface area contributed by atoms with Crippen molar-refractivity contribution in [3.63, 3.8) is 0 Å². The van der Waals surface area contributed by atoms with Crippen LogP contribution in [-0.4, -0.2) is 32.7 Å². The van der Waals surface area contributed by atoms with Gasteiger partial charge in [-0.05, 0) is 16.3 Å². The molecule has 0 aliphatic heterocycles. The summed E-state index contributed by atoms with van der Waals surface area (Å²) in [6.07, 6.45) is 2.87. The lowest BCUT2D eigenvalue weighted by molar-refractivity contribution is 0.146. The van der Waals surface area contributed by atoms with Gasteiger partial charge in [0.05, 0.1) is 18.8 Å². The van der Waals surface area contributed by atoms with E-state index in [1.807, 2.05) is 12.1 Å². The summed E-state index contributed by atoms with van der Waals surface area (Å²) in [5, 5.41) is 23.3. The van der Waals surface area contributed by atoms with Crippen molar-refractivity contribution >= 4 is 10.8 Å². The number of nitrogens with zero attached hydrogens (tertiary/aromatic N) is 3. The highest BCUT2D eigenvalue weighted by atomic mass is 16.3. The smallest absolute Gasteiger partial charge is 0.0860 e. The zero-order valence-electron chi connectivity index (χ0n) is 11.7. The van der Waals surface area contributed by atoms with E-state index < -0.39 is 6.10 Å². The molecule has 0 aliphatic carbocycles. The highest BCUT2D eigenvalue weighted by Crippen LogP contribution is 2.18. The number of nitrogens with one attached hydrogen (secondary N) is 1. The van der Waals surface area contributed by atoms with Crippen LogP contribution in [-0.2, 0) is 13.1 Å². The number of aromatic nitrogens is 3. The highest BCUT2D eigenvalue weighted by Gasteiger charge is 2.06. The number of fused-ring (bicyclic) bond motifs is 1. The number of aliphatic hydroxyl groups is 1. The van der Waals surface area contributed by atoms with E-state index in [0.717, 1.165) is 6.54 Å². The first kappa shape index (κ1) is 13.7. The molecule has 0 spiro atoms. The van der Waals surface area contributed by atoms with Gasteiger partial charge < -0.3 is 10.4 Å². The van der Waals surface area contributed by atoms with Gasteiger partial charge in [-0.25, -0.2) is 4.68 Å². The van der Waals surface area contributed by atoms with Crippen LogP contribution in [0.5, 0.6) is 0 Å². The Morgan fingerprint density at radius 3 is 2.86 bits per heavy atom. The van der Waals surface area contributed by atoms with Crippen molar-refractivity contribution in [3.8, 4) is 0 Å². The Balaban J connectivity index is 1.57. The number of benzene rings is 2. The van der Waals surface area contributed by atoms with Crippen LogP contribution in [0.25, 0.3) is 10.8 Å². The monoisotopic (exact) mass is 282 g/mol. The van der Waals surface area contributed by atoms with E-state index >= 15 is 0 Å². The molecule has 3 rings (SSSR count). The Bertz CT molecular complexity index is 691. The molecule has 1 aromatic heterocycles. The van der Waals surface area contributed by atoms with E-state index in [1.54, 1.807) is 17.1 Å². The molecule has 0 aliphatic rings. The Kier molecular flexibility index (Phi) is 4.23. The van der Waals surface area contributed by atoms with E-state index in [0.29, 0.717) is 13.1 Å². The standard InChI is InChI=1S/C16H18N4O/c21-15(12-20-9-8-18-19-20)11-17-10-14-6-3-5-13-4-1-2-7-16(13)14/h1-9,15,17,21H,10-12H2. The predicted octanol–water partition coefficient (Wildman–Crippen LogP) is 1.58. The topological polar surface area (TPSA) is 63.0 Å². The summed E-state index contributed by atoms with van der Waals surface area (Å²) in [7, 11) is 0. The van der Waals surface area contributed by atoms with Crippen molar-refractivity contribution in [2.45, 2.75) is 19.2 Å².